The molecule has 0 amide bonds. The normalized spacial score (nSPS) is 31.2. The van der Waals surface area contributed by atoms with Crippen LogP contribution in [0.1, 0.15) is 69.1 Å². The maximum atomic E-state index is 12.8. The van der Waals surface area contributed by atoms with Crippen molar-refractivity contribution in [2.24, 2.45) is 11.3 Å². The Hall–Kier alpha value is -1.75. The number of hydrogen-bond donors (Lipinski definition) is 1. The number of rotatable bonds is 7. The monoisotopic (exact) mass is 372 g/mol. The minimum absolute atomic E-state index is 0.0264. The van der Waals surface area contributed by atoms with E-state index in [9.17, 15) is 9.90 Å². The average Bonchev–Trinajstić information content (AvgIpc) is 3.45. The molecule has 5 nitrogen and oxygen atoms in total. The highest BCUT2D eigenvalue weighted by atomic mass is 16.5. The Kier molecular flexibility index (Phi) is 4.12. The topological polar surface area (TPSA) is 68.9 Å². The van der Waals surface area contributed by atoms with Gasteiger partial charge in [0.1, 0.15) is 22.7 Å². The maximum Gasteiger partial charge on any atom is 0.346 e. The fourth-order valence-corrected chi connectivity index (χ4v) is 4.97. The van der Waals surface area contributed by atoms with Crippen molar-refractivity contribution in [1.82, 2.24) is 0 Å². The molecule has 2 aliphatic carbocycles. The van der Waals surface area contributed by atoms with E-state index in [1.54, 1.807) is 12.3 Å². The molecule has 1 N–H and O–H groups in total. The molecule has 1 saturated heterocycles. The second kappa shape index (κ2) is 6.40. The third-order valence-corrected chi connectivity index (χ3v) is 6.78. The Morgan fingerprint density at radius 3 is 2.63 bits per heavy atom. The van der Waals surface area contributed by atoms with Gasteiger partial charge in [0.25, 0.3) is 0 Å². The summed E-state index contributed by atoms with van der Waals surface area (Å²) in [6.07, 6.45) is 13.9. The van der Waals surface area contributed by atoms with E-state index in [4.69, 9.17) is 13.9 Å². The van der Waals surface area contributed by atoms with E-state index >= 15 is 0 Å². The zero-order valence-electron chi connectivity index (χ0n) is 15.7. The highest BCUT2D eigenvalue weighted by molar-refractivity contribution is 5.37. The van der Waals surface area contributed by atoms with Crippen molar-refractivity contribution in [2.45, 2.75) is 75.9 Å². The molecule has 0 radical (unpaired) electrons. The van der Waals surface area contributed by atoms with Crippen molar-refractivity contribution in [2.75, 3.05) is 6.61 Å². The van der Waals surface area contributed by atoms with Crippen molar-refractivity contribution in [1.29, 1.82) is 0 Å². The van der Waals surface area contributed by atoms with E-state index in [-0.39, 0.29) is 11.2 Å². The molecule has 2 saturated carbocycles. The van der Waals surface area contributed by atoms with Crippen LogP contribution in [0.3, 0.4) is 0 Å². The minimum atomic E-state index is -0.751. The highest BCUT2D eigenvalue weighted by Crippen LogP contribution is 2.54. The first-order valence-corrected chi connectivity index (χ1v) is 10.4. The lowest BCUT2D eigenvalue weighted by Crippen LogP contribution is -2.32. The SMILES string of the molecule is O=c1oc(CC2(CC3CCCO3)CC2)cc(O)c1C1(CC2CC2)CC=CO1. The van der Waals surface area contributed by atoms with Crippen LogP contribution >= 0.6 is 0 Å². The Labute approximate surface area is 159 Å². The Morgan fingerprint density at radius 2 is 2.04 bits per heavy atom. The molecule has 0 aromatic carbocycles. The van der Waals surface area contributed by atoms with E-state index in [0.29, 0.717) is 36.2 Å². The molecule has 0 bridgehead atoms. The number of aromatic hydroxyl groups is 1. The largest absolute Gasteiger partial charge is 0.507 e. The van der Waals surface area contributed by atoms with Gasteiger partial charge >= 0.3 is 5.63 Å². The smallest absolute Gasteiger partial charge is 0.346 e. The first-order valence-electron chi connectivity index (χ1n) is 10.4. The van der Waals surface area contributed by atoms with E-state index in [2.05, 4.69) is 0 Å². The summed E-state index contributed by atoms with van der Waals surface area (Å²) in [7, 11) is 0. The van der Waals surface area contributed by atoms with Gasteiger partial charge in [0.05, 0.1) is 12.4 Å². The summed E-state index contributed by atoms with van der Waals surface area (Å²) in [6, 6.07) is 1.66. The molecular weight excluding hydrogens is 344 g/mol. The summed E-state index contributed by atoms with van der Waals surface area (Å²) < 4.78 is 17.4. The van der Waals surface area contributed by atoms with Crippen LogP contribution in [0.4, 0.5) is 0 Å². The van der Waals surface area contributed by atoms with Crippen molar-refractivity contribution in [3.05, 3.63) is 40.1 Å². The quantitative estimate of drug-likeness (QED) is 0.778. The van der Waals surface area contributed by atoms with Crippen LogP contribution < -0.4 is 5.63 Å². The lowest BCUT2D eigenvalue weighted by atomic mass is 9.86. The number of hydrogen-bond acceptors (Lipinski definition) is 5. The van der Waals surface area contributed by atoms with Gasteiger partial charge in [-0.05, 0) is 55.9 Å². The number of ether oxygens (including phenoxy) is 2. The van der Waals surface area contributed by atoms with Crippen LogP contribution in [0, 0.1) is 11.3 Å². The van der Waals surface area contributed by atoms with Crippen LogP contribution in [0.2, 0.25) is 0 Å². The first kappa shape index (κ1) is 17.4. The summed E-state index contributed by atoms with van der Waals surface area (Å²) in [4.78, 5) is 12.8. The van der Waals surface area contributed by atoms with Crippen molar-refractivity contribution in [3.63, 3.8) is 0 Å². The molecule has 3 fully saturated rings. The summed E-state index contributed by atoms with van der Waals surface area (Å²) >= 11 is 0. The zero-order chi connectivity index (χ0) is 18.5. The van der Waals surface area contributed by atoms with Crippen molar-refractivity contribution >= 4 is 0 Å². The predicted molar refractivity (Wildman–Crippen MR) is 99.5 cm³/mol. The van der Waals surface area contributed by atoms with Crippen LogP contribution in [0.25, 0.3) is 0 Å². The molecule has 0 spiro atoms. The van der Waals surface area contributed by atoms with E-state index in [1.807, 2.05) is 6.08 Å². The average molecular weight is 372 g/mol. The van der Waals surface area contributed by atoms with Gasteiger partial charge in [0, 0.05) is 25.5 Å². The second-order valence-electron chi connectivity index (χ2n) is 9.11. The van der Waals surface area contributed by atoms with Crippen LogP contribution in [-0.4, -0.2) is 17.8 Å². The lowest BCUT2D eigenvalue weighted by molar-refractivity contribution is 0.0210. The van der Waals surface area contributed by atoms with Gasteiger partial charge in [0.2, 0.25) is 0 Å². The van der Waals surface area contributed by atoms with Gasteiger partial charge in [0.15, 0.2) is 0 Å². The van der Waals surface area contributed by atoms with Crippen molar-refractivity contribution < 1.29 is 19.0 Å². The van der Waals surface area contributed by atoms with Crippen molar-refractivity contribution in [3.8, 4) is 5.75 Å². The summed E-state index contributed by atoms with van der Waals surface area (Å²) in [5.41, 5.74) is -0.718. The molecule has 2 unspecified atom stereocenters. The summed E-state index contributed by atoms with van der Waals surface area (Å²) in [5, 5.41) is 10.7. The predicted octanol–water partition coefficient (Wildman–Crippen LogP) is 4.17. The molecular formula is C22H28O5. The molecule has 1 aromatic rings. The maximum absolute atomic E-state index is 12.8. The molecule has 2 atom stereocenters. The summed E-state index contributed by atoms with van der Waals surface area (Å²) in [6.45, 7) is 0.864. The Balaban J connectivity index is 1.37. The molecule has 1 aromatic heterocycles. The zero-order valence-corrected chi connectivity index (χ0v) is 15.7. The lowest BCUT2D eigenvalue weighted by Gasteiger charge is -2.29. The van der Waals surface area contributed by atoms with Gasteiger partial charge in [-0.1, -0.05) is 12.8 Å². The van der Waals surface area contributed by atoms with E-state index in [1.165, 1.54) is 12.8 Å². The Bertz CT molecular complexity index is 785. The first-order chi connectivity index (χ1) is 13.1. The molecule has 146 valence electrons. The van der Waals surface area contributed by atoms with E-state index < -0.39 is 11.2 Å². The fraction of sp³-hybridized carbons (Fsp3) is 0.682. The highest BCUT2D eigenvalue weighted by Gasteiger charge is 2.47. The fourth-order valence-electron chi connectivity index (χ4n) is 4.97. The molecule has 5 heteroatoms. The molecule has 5 rings (SSSR count). The minimum Gasteiger partial charge on any atom is -0.507 e. The third kappa shape index (κ3) is 3.42. The van der Waals surface area contributed by atoms with Crippen LogP contribution in [-0.2, 0) is 21.5 Å². The van der Waals surface area contributed by atoms with E-state index in [0.717, 1.165) is 45.1 Å². The summed E-state index contributed by atoms with van der Waals surface area (Å²) in [5.74, 6) is 1.19. The van der Waals surface area contributed by atoms with Gasteiger partial charge in [-0.3, -0.25) is 0 Å². The van der Waals surface area contributed by atoms with Gasteiger partial charge in [-0.2, -0.15) is 0 Å². The second-order valence-corrected chi connectivity index (χ2v) is 9.11. The molecule has 27 heavy (non-hydrogen) atoms. The van der Waals surface area contributed by atoms with Crippen LogP contribution in [0.15, 0.2) is 27.6 Å². The van der Waals surface area contributed by atoms with Crippen LogP contribution in [0.5, 0.6) is 5.75 Å². The van der Waals surface area contributed by atoms with Gasteiger partial charge < -0.3 is 19.0 Å². The third-order valence-electron chi connectivity index (χ3n) is 6.78. The standard InChI is InChI=1S/C22H28O5/c23-18-11-17(14-21(7-8-21)13-16-3-1-9-25-16)27-20(24)19(18)22(6-2-10-26-22)12-15-4-5-15/h2,10-11,15-16,23H,1,3-9,12-14H2. The van der Waals surface area contributed by atoms with Gasteiger partial charge in [-0.15, -0.1) is 0 Å². The molecule has 4 aliphatic rings. The Morgan fingerprint density at radius 1 is 1.19 bits per heavy atom. The molecule has 3 heterocycles. The molecule has 2 aliphatic heterocycles. The van der Waals surface area contributed by atoms with Gasteiger partial charge in [-0.25, -0.2) is 4.79 Å².